The lowest BCUT2D eigenvalue weighted by molar-refractivity contribution is 0.0692. The molecule has 0 spiro atoms. The van der Waals surface area contributed by atoms with Crippen LogP contribution in [0.3, 0.4) is 0 Å². The van der Waals surface area contributed by atoms with Crippen LogP contribution in [0.1, 0.15) is 38.8 Å². The Hall–Kier alpha value is -1.89. The molecule has 0 aliphatic carbocycles. The van der Waals surface area contributed by atoms with Crippen molar-refractivity contribution in [3.63, 3.8) is 0 Å². The van der Waals surface area contributed by atoms with Crippen LogP contribution in [0, 0.1) is 0 Å². The summed E-state index contributed by atoms with van der Waals surface area (Å²) < 4.78 is 23.1. The molecular weight excluding hydrogens is 375 g/mol. The molecule has 2 aromatic rings. The van der Waals surface area contributed by atoms with Crippen LogP contribution in [0.15, 0.2) is 41.3 Å². The minimum Gasteiger partial charge on any atom is -0.478 e. The fraction of sp³-hybridized carbons (Fsp3) is 0.125. The number of carboxylic acid groups (broad SMARTS) is 1. The minimum absolute atomic E-state index is 0.0120. The summed E-state index contributed by atoms with van der Waals surface area (Å²) >= 11 is 5.80. The van der Waals surface area contributed by atoms with Crippen LogP contribution in [0.2, 0.25) is 5.02 Å². The molecule has 24 heavy (non-hydrogen) atoms. The van der Waals surface area contributed by atoms with Crippen LogP contribution in [0.25, 0.3) is 0 Å². The lowest BCUT2D eigenvalue weighted by Gasteiger charge is -2.11. The monoisotopic (exact) mass is 386 g/mol. The molecule has 0 aromatic heterocycles. The Bertz CT molecular complexity index is 935. The Morgan fingerprint density at radius 2 is 1.83 bits per heavy atom. The fourth-order valence-electron chi connectivity index (χ4n) is 2.32. The minimum atomic E-state index is -4.14. The summed E-state index contributed by atoms with van der Waals surface area (Å²) in [5.41, 5.74) is 0.407. The maximum Gasteiger partial charge on any atom is 0.336 e. The van der Waals surface area contributed by atoms with Gasteiger partial charge < -0.3 is 5.11 Å². The van der Waals surface area contributed by atoms with Gasteiger partial charge in [-0.3, -0.25) is 4.79 Å². The molecule has 0 unspecified atom stereocenters. The number of aromatic carboxylic acids is 1. The van der Waals surface area contributed by atoms with Gasteiger partial charge in [0.1, 0.15) is 4.90 Å². The van der Waals surface area contributed by atoms with Crippen molar-refractivity contribution in [2.24, 2.45) is 0 Å². The zero-order valence-electron chi connectivity index (χ0n) is 12.4. The SMILES string of the molecule is CCc1cccc(C(=O)O)c1C(=O)c1ccc(Cl)c(S(=O)(=O)Cl)c1. The van der Waals surface area contributed by atoms with Gasteiger partial charge in [-0.1, -0.05) is 30.7 Å². The van der Waals surface area contributed by atoms with Gasteiger partial charge >= 0.3 is 5.97 Å². The molecule has 0 saturated heterocycles. The molecule has 0 radical (unpaired) electrons. The van der Waals surface area contributed by atoms with Crippen LogP contribution < -0.4 is 0 Å². The molecule has 1 N–H and O–H groups in total. The first-order valence-electron chi connectivity index (χ1n) is 6.81. The molecule has 0 fully saturated rings. The molecule has 5 nitrogen and oxygen atoms in total. The van der Waals surface area contributed by atoms with Crippen molar-refractivity contribution in [1.82, 2.24) is 0 Å². The molecule has 0 saturated carbocycles. The first kappa shape index (κ1) is 18.4. The number of rotatable bonds is 5. The van der Waals surface area contributed by atoms with E-state index in [9.17, 15) is 23.1 Å². The standard InChI is InChI=1S/C16H12Cl2O5S/c1-2-9-4-3-5-11(16(20)21)14(9)15(19)10-6-7-12(17)13(8-10)24(18,22)23/h3-8H,2H2,1H3,(H,20,21). The Morgan fingerprint density at radius 3 is 2.38 bits per heavy atom. The van der Waals surface area contributed by atoms with Crippen molar-refractivity contribution in [2.75, 3.05) is 0 Å². The number of carboxylic acids is 1. The van der Waals surface area contributed by atoms with Crippen LogP contribution in [0.5, 0.6) is 0 Å². The van der Waals surface area contributed by atoms with Gasteiger partial charge in [-0.15, -0.1) is 0 Å². The van der Waals surface area contributed by atoms with Gasteiger partial charge in [0.15, 0.2) is 5.78 Å². The summed E-state index contributed by atoms with van der Waals surface area (Å²) in [6, 6.07) is 8.13. The summed E-state index contributed by atoms with van der Waals surface area (Å²) in [7, 11) is 1.17. The van der Waals surface area contributed by atoms with Crippen LogP contribution in [-0.2, 0) is 15.5 Å². The third-order valence-corrected chi connectivity index (χ3v) is 5.25. The normalized spacial score (nSPS) is 11.3. The molecule has 0 heterocycles. The van der Waals surface area contributed by atoms with Crippen molar-refractivity contribution >= 4 is 43.1 Å². The third-order valence-electron chi connectivity index (χ3n) is 3.45. The maximum absolute atomic E-state index is 12.8. The van der Waals surface area contributed by atoms with Crippen molar-refractivity contribution < 1.29 is 23.1 Å². The van der Waals surface area contributed by atoms with Crippen LogP contribution >= 0.6 is 22.3 Å². The van der Waals surface area contributed by atoms with E-state index in [1.807, 2.05) is 0 Å². The highest BCUT2D eigenvalue weighted by atomic mass is 35.7. The number of halogens is 2. The number of carbonyl (C=O) groups excluding carboxylic acids is 1. The molecule has 0 aliphatic rings. The summed E-state index contributed by atoms with van der Waals surface area (Å²) in [6.45, 7) is 1.79. The Morgan fingerprint density at radius 1 is 1.17 bits per heavy atom. The van der Waals surface area contributed by atoms with E-state index in [0.29, 0.717) is 12.0 Å². The van der Waals surface area contributed by atoms with Crippen molar-refractivity contribution in [2.45, 2.75) is 18.2 Å². The highest BCUT2D eigenvalue weighted by Crippen LogP contribution is 2.28. The van der Waals surface area contributed by atoms with Gasteiger partial charge in [-0.05, 0) is 36.2 Å². The first-order chi connectivity index (χ1) is 11.2. The topological polar surface area (TPSA) is 88.5 Å². The zero-order valence-corrected chi connectivity index (χ0v) is 14.7. The van der Waals surface area contributed by atoms with Crippen molar-refractivity contribution in [3.8, 4) is 0 Å². The Kier molecular flexibility index (Phi) is 5.32. The molecular formula is C16H12Cl2O5S. The van der Waals surface area contributed by atoms with Crippen LogP contribution in [-0.4, -0.2) is 25.3 Å². The molecule has 126 valence electrons. The number of aryl methyl sites for hydroxylation is 1. The summed E-state index contributed by atoms with van der Waals surface area (Å²) in [5, 5.41) is 9.20. The predicted octanol–water partition coefficient (Wildman–Crippen LogP) is 3.76. The number of hydrogen-bond donors (Lipinski definition) is 1. The van der Waals surface area contributed by atoms with Gasteiger partial charge in [0.05, 0.1) is 10.6 Å². The highest BCUT2D eigenvalue weighted by Gasteiger charge is 2.23. The van der Waals surface area contributed by atoms with E-state index in [2.05, 4.69) is 0 Å². The molecule has 2 aromatic carbocycles. The smallest absolute Gasteiger partial charge is 0.336 e. The van der Waals surface area contributed by atoms with Gasteiger partial charge in [0.25, 0.3) is 9.05 Å². The number of benzene rings is 2. The number of carbonyl (C=O) groups is 2. The summed E-state index contributed by atoms with van der Waals surface area (Å²) in [4.78, 5) is 23.8. The Balaban J connectivity index is 2.69. The molecule has 0 bridgehead atoms. The average molecular weight is 387 g/mol. The predicted molar refractivity (Wildman–Crippen MR) is 90.7 cm³/mol. The molecule has 0 atom stereocenters. The number of hydrogen-bond acceptors (Lipinski definition) is 4. The lowest BCUT2D eigenvalue weighted by atomic mass is 9.92. The van der Waals surface area contributed by atoms with E-state index < -0.39 is 25.7 Å². The molecule has 2 rings (SSSR count). The van der Waals surface area contributed by atoms with Gasteiger partial charge in [0, 0.05) is 21.8 Å². The summed E-state index contributed by atoms with van der Waals surface area (Å²) in [6.07, 6.45) is 0.441. The highest BCUT2D eigenvalue weighted by molar-refractivity contribution is 8.13. The van der Waals surface area contributed by atoms with Crippen molar-refractivity contribution in [1.29, 1.82) is 0 Å². The molecule has 0 aliphatic heterocycles. The van der Waals surface area contributed by atoms with Gasteiger partial charge in [-0.2, -0.15) is 0 Å². The molecule has 8 heteroatoms. The van der Waals surface area contributed by atoms with E-state index in [1.54, 1.807) is 19.1 Å². The second-order valence-electron chi connectivity index (χ2n) is 4.91. The zero-order chi connectivity index (χ0) is 18.1. The maximum atomic E-state index is 12.8. The van der Waals surface area contributed by atoms with Gasteiger partial charge in [-0.25, -0.2) is 13.2 Å². The quantitative estimate of drug-likeness (QED) is 0.624. The fourth-order valence-corrected chi connectivity index (χ4v) is 3.81. The second-order valence-corrected chi connectivity index (χ2v) is 7.85. The van der Waals surface area contributed by atoms with E-state index in [1.165, 1.54) is 18.2 Å². The van der Waals surface area contributed by atoms with Crippen molar-refractivity contribution in [3.05, 3.63) is 63.7 Å². The second kappa shape index (κ2) is 6.93. The average Bonchev–Trinajstić information content (AvgIpc) is 2.52. The first-order valence-corrected chi connectivity index (χ1v) is 9.49. The van der Waals surface area contributed by atoms with E-state index in [0.717, 1.165) is 6.07 Å². The van der Waals surface area contributed by atoms with E-state index >= 15 is 0 Å². The Labute approximate surface area is 148 Å². The van der Waals surface area contributed by atoms with Gasteiger partial charge in [0.2, 0.25) is 0 Å². The van der Waals surface area contributed by atoms with E-state index in [-0.39, 0.29) is 21.7 Å². The molecule has 0 amide bonds. The largest absolute Gasteiger partial charge is 0.478 e. The number of ketones is 1. The van der Waals surface area contributed by atoms with Crippen LogP contribution in [0.4, 0.5) is 0 Å². The summed E-state index contributed by atoms with van der Waals surface area (Å²) in [5.74, 6) is -1.85. The van der Waals surface area contributed by atoms with E-state index in [4.69, 9.17) is 22.3 Å². The lowest BCUT2D eigenvalue weighted by Crippen LogP contribution is -2.13. The third kappa shape index (κ3) is 3.61.